The van der Waals surface area contributed by atoms with Gasteiger partial charge in [-0.1, -0.05) is 48.8 Å². The van der Waals surface area contributed by atoms with Crippen LogP contribution in [-0.2, 0) is 14.6 Å². The van der Waals surface area contributed by atoms with Crippen LogP contribution in [0.5, 0.6) is 0 Å². The summed E-state index contributed by atoms with van der Waals surface area (Å²) in [5, 5.41) is 2.67. The minimum atomic E-state index is -3.35. The van der Waals surface area contributed by atoms with Gasteiger partial charge in [-0.2, -0.15) is 0 Å². The number of anilines is 1. The number of halogens is 1. The summed E-state index contributed by atoms with van der Waals surface area (Å²) < 4.78 is 23.9. The van der Waals surface area contributed by atoms with Crippen molar-refractivity contribution in [2.45, 2.75) is 30.5 Å². The molecule has 0 radical (unpaired) electrons. The number of carbonyl (C=O) groups excluding carboxylic acids is 1. The number of sulfone groups is 1. The van der Waals surface area contributed by atoms with Crippen LogP contribution in [0.3, 0.4) is 0 Å². The minimum absolute atomic E-state index is 0.00179. The quantitative estimate of drug-likeness (QED) is 0.833. The van der Waals surface area contributed by atoms with Gasteiger partial charge in [0.25, 0.3) is 0 Å². The number of alkyl halides is 1. The van der Waals surface area contributed by atoms with E-state index in [9.17, 15) is 13.2 Å². The predicted molar refractivity (Wildman–Crippen MR) is 80.4 cm³/mol. The standard InChI is InChI=1S/C13H18BrNO3S/c1-4-19(17,18)11-8-6-5-7-10(11)15-13(16)12(14)9(2)3/h5-9,12H,4H2,1-3H3,(H,15,16). The van der Waals surface area contributed by atoms with E-state index in [1.165, 1.54) is 6.07 Å². The van der Waals surface area contributed by atoms with Crippen molar-refractivity contribution in [3.63, 3.8) is 0 Å². The van der Waals surface area contributed by atoms with Gasteiger partial charge in [-0.05, 0) is 18.1 Å². The van der Waals surface area contributed by atoms with Crippen molar-refractivity contribution in [1.29, 1.82) is 0 Å². The third-order valence-corrected chi connectivity index (χ3v) is 5.96. The average molecular weight is 348 g/mol. The Morgan fingerprint density at radius 2 is 1.89 bits per heavy atom. The monoisotopic (exact) mass is 347 g/mol. The zero-order valence-electron chi connectivity index (χ0n) is 11.2. The highest BCUT2D eigenvalue weighted by molar-refractivity contribution is 9.10. The number of benzene rings is 1. The zero-order chi connectivity index (χ0) is 14.6. The van der Waals surface area contributed by atoms with E-state index in [-0.39, 0.29) is 27.3 Å². The molecule has 1 atom stereocenters. The first-order valence-corrected chi connectivity index (χ1v) is 8.63. The van der Waals surface area contributed by atoms with Crippen LogP contribution < -0.4 is 5.32 Å². The first kappa shape index (κ1) is 16.2. The van der Waals surface area contributed by atoms with Crippen molar-refractivity contribution in [1.82, 2.24) is 0 Å². The summed E-state index contributed by atoms with van der Waals surface area (Å²) in [5.41, 5.74) is 0.333. The lowest BCUT2D eigenvalue weighted by atomic mass is 10.1. The normalized spacial score (nSPS) is 13.3. The summed E-state index contributed by atoms with van der Waals surface area (Å²) >= 11 is 3.30. The van der Waals surface area contributed by atoms with Crippen LogP contribution in [0.2, 0.25) is 0 Å². The molecule has 0 heterocycles. The SMILES string of the molecule is CCS(=O)(=O)c1ccccc1NC(=O)C(Br)C(C)C. The highest BCUT2D eigenvalue weighted by atomic mass is 79.9. The van der Waals surface area contributed by atoms with E-state index in [2.05, 4.69) is 21.2 Å². The second-order valence-corrected chi connectivity index (χ2v) is 7.77. The van der Waals surface area contributed by atoms with Crippen molar-refractivity contribution in [3.8, 4) is 0 Å². The Labute approximate surface area is 122 Å². The lowest BCUT2D eigenvalue weighted by Gasteiger charge is -2.15. The summed E-state index contributed by atoms with van der Waals surface area (Å²) in [6, 6.07) is 6.45. The van der Waals surface area contributed by atoms with Crippen molar-refractivity contribution in [3.05, 3.63) is 24.3 Å². The molecule has 0 aliphatic rings. The molecule has 0 spiro atoms. The van der Waals surface area contributed by atoms with Gasteiger partial charge in [0.2, 0.25) is 5.91 Å². The summed E-state index contributed by atoms with van der Waals surface area (Å²) in [7, 11) is -3.35. The molecule has 1 amide bonds. The van der Waals surface area contributed by atoms with Crippen LogP contribution in [0, 0.1) is 5.92 Å². The van der Waals surface area contributed by atoms with Crippen LogP contribution in [-0.4, -0.2) is 24.9 Å². The lowest BCUT2D eigenvalue weighted by molar-refractivity contribution is -0.116. The molecule has 1 unspecified atom stereocenters. The summed E-state index contributed by atoms with van der Waals surface area (Å²) in [6.45, 7) is 5.40. The van der Waals surface area contributed by atoms with Crippen molar-refractivity contribution < 1.29 is 13.2 Å². The maximum Gasteiger partial charge on any atom is 0.238 e. The Balaban J connectivity index is 3.07. The van der Waals surface area contributed by atoms with Crippen LogP contribution in [0.15, 0.2) is 29.2 Å². The number of hydrogen-bond donors (Lipinski definition) is 1. The van der Waals surface area contributed by atoms with Crippen LogP contribution >= 0.6 is 15.9 Å². The van der Waals surface area contributed by atoms with Crippen LogP contribution in [0.4, 0.5) is 5.69 Å². The van der Waals surface area contributed by atoms with Gasteiger partial charge in [0.1, 0.15) is 0 Å². The Kier molecular flexibility index (Phi) is 5.55. The molecule has 6 heteroatoms. The molecule has 0 aliphatic heterocycles. The molecule has 0 saturated carbocycles. The molecule has 0 fully saturated rings. The van der Waals surface area contributed by atoms with E-state index < -0.39 is 9.84 Å². The van der Waals surface area contributed by atoms with E-state index in [1.54, 1.807) is 25.1 Å². The highest BCUT2D eigenvalue weighted by Gasteiger charge is 2.22. The van der Waals surface area contributed by atoms with E-state index in [0.29, 0.717) is 5.69 Å². The van der Waals surface area contributed by atoms with Crippen molar-refractivity contribution in [2.75, 3.05) is 11.1 Å². The molecule has 1 N–H and O–H groups in total. The lowest BCUT2D eigenvalue weighted by Crippen LogP contribution is -2.27. The van der Waals surface area contributed by atoms with E-state index in [1.807, 2.05) is 13.8 Å². The number of para-hydroxylation sites is 1. The van der Waals surface area contributed by atoms with Gasteiger partial charge in [0, 0.05) is 0 Å². The fourth-order valence-electron chi connectivity index (χ4n) is 1.50. The highest BCUT2D eigenvalue weighted by Crippen LogP contribution is 2.23. The number of amides is 1. The predicted octanol–water partition coefficient (Wildman–Crippen LogP) is 2.84. The summed E-state index contributed by atoms with van der Waals surface area (Å²) in [6.07, 6.45) is 0. The first-order valence-electron chi connectivity index (χ1n) is 6.06. The molecule has 0 aromatic heterocycles. The maximum atomic E-state index is 12.0. The maximum absolute atomic E-state index is 12.0. The number of nitrogens with one attached hydrogen (secondary N) is 1. The molecular weight excluding hydrogens is 330 g/mol. The Bertz CT molecular complexity index is 555. The van der Waals surface area contributed by atoms with Gasteiger partial charge in [-0.3, -0.25) is 4.79 Å². The third kappa shape index (κ3) is 4.04. The number of rotatable bonds is 5. The second kappa shape index (κ2) is 6.52. The minimum Gasteiger partial charge on any atom is -0.324 e. The topological polar surface area (TPSA) is 63.2 Å². The average Bonchev–Trinajstić information content (AvgIpc) is 2.38. The fraction of sp³-hybridized carbons (Fsp3) is 0.462. The zero-order valence-corrected chi connectivity index (χ0v) is 13.6. The second-order valence-electron chi connectivity index (χ2n) is 4.53. The molecule has 1 rings (SSSR count). The molecular formula is C13H18BrNO3S. The third-order valence-electron chi connectivity index (χ3n) is 2.70. The smallest absolute Gasteiger partial charge is 0.238 e. The molecule has 0 saturated heterocycles. The van der Waals surface area contributed by atoms with E-state index in [4.69, 9.17) is 0 Å². The van der Waals surface area contributed by atoms with Gasteiger partial charge in [0.05, 0.1) is 21.2 Å². The Morgan fingerprint density at radius 1 is 1.32 bits per heavy atom. The van der Waals surface area contributed by atoms with Crippen LogP contribution in [0.1, 0.15) is 20.8 Å². The summed E-state index contributed by atoms with van der Waals surface area (Å²) in [4.78, 5) is 11.8. The Hall–Kier alpha value is -0.880. The van der Waals surface area contributed by atoms with Gasteiger partial charge in [-0.25, -0.2) is 8.42 Å². The van der Waals surface area contributed by atoms with Crippen LogP contribution in [0.25, 0.3) is 0 Å². The number of carbonyl (C=O) groups is 1. The van der Waals surface area contributed by atoms with Gasteiger partial charge >= 0.3 is 0 Å². The molecule has 106 valence electrons. The molecule has 1 aromatic rings. The fourth-order valence-corrected chi connectivity index (χ4v) is 2.67. The van der Waals surface area contributed by atoms with E-state index in [0.717, 1.165) is 0 Å². The summed E-state index contributed by atoms with van der Waals surface area (Å²) in [5.74, 6) is -0.120. The largest absolute Gasteiger partial charge is 0.324 e. The van der Waals surface area contributed by atoms with Gasteiger partial charge in [-0.15, -0.1) is 0 Å². The Morgan fingerprint density at radius 3 is 2.42 bits per heavy atom. The van der Waals surface area contributed by atoms with Gasteiger partial charge < -0.3 is 5.32 Å². The van der Waals surface area contributed by atoms with Crippen molar-refractivity contribution in [2.24, 2.45) is 5.92 Å². The molecule has 1 aromatic carbocycles. The van der Waals surface area contributed by atoms with Gasteiger partial charge in [0.15, 0.2) is 9.84 Å². The molecule has 0 bridgehead atoms. The van der Waals surface area contributed by atoms with Crippen molar-refractivity contribution >= 4 is 37.4 Å². The first-order chi connectivity index (χ1) is 8.79. The molecule has 0 aliphatic carbocycles. The number of hydrogen-bond acceptors (Lipinski definition) is 3. The molecule has 19 heavy (non-hydrogen) atoms. The molecule has 4 nitrogen and oxygen atoms in total. The van der Waals surface area contributed by atoms with E-state index >= 15 is 0 Å².